The fraction of sp³-hybridized carbons (Fsp3) is 0.450. The van der Waals surface area contributed by atoms with Gasteiger partial charge in [0.25, 0.3) is 5.91 Å². The number of hydrogen-bond acceptors (Lipinski definition) is 4. The maximum absolute atomic E-state index is 13.1. The van der Waals surface area contributed by atoms with Crippen LogP contribution >= 0.6 is 0 Å². The van der Waals surface area contributed by atoms with E-state index in [0.29, 0.717) is 11.5 Å². The molecule has 0 bridgehead atoms. The summed E-state index contributed by atoms with van der Waals surface area (Å²) in [6.07, 6.45) is 5.99. The van der Waals surface area contributed by atoms with Crippen molar-refractivity contribution in [1.29, 1.82) is 0 Å². The number of urea groups is 1. The number of carbonyl (C=O) groups is 3. The Balaban J connectivity index is 1.62. The van der Waals surface area contributed by atoms with E-state index in [-0.39, 0.29) is 12.5 Å². The molecule has 1 N–H and O–H groups in total. The van der Waals surface area contributed by atoms with Gasteiger partial charge in [0, 0.05) is 0 Å². The van der Waals surface area contributed by atoms with Crippen molar-refractivity contribution in [1.82, 2.24) is 10.2 Å². The van der Waals surface area contributed by atoms with E-state index < -0.39 is 35.8 Å². The van der Waals surface area contributed by atoms with E-state index in [1.165, 1.54) is 31.2 Å². The highest BCUT2D eigenvalue weighted by Crippen LogP contribution is 2.29. The number of rotatable bonds is 5. The van der Waals surface area contributed by atoms with Gasteiger partial charge in [-0.05, 0) is 49.3 Å². The van der Waals surface area contributed by atoms with Crippen molar-refractivity contribution in [2.45, 2.75) is 32.2 Å². The van der Waals surface area contributed by atoms with Gasteiger partial charge in [0.15, 0.2) is 0 Å². The average molecular weight is 374 g/mol. The minimum absolute atomic E-state index is 0.242. The first-order valence-corrected chi connectivity index (χ1v) is 9.02. The van der Waals surface area contributed by atoms with Crippen LogP contribution in [0.2, 0.25) is 0 Å². The number of esters is 1. The lowest BCUT2D eigenvalue weighted by Crippen LogP contribution is -2.41. The number of carbonyl (C=O) groups excluding carboxylic acids is 3. The average Bonchev–Trinajstić information content (AvgIpc) is 2.85. The molecule has 144 valence electrons. The quantitative estimate of drug-likeness (QED) is 0.488. The third-order valence-corrected chi connectivity index (χ3v) is 5.36. The summed E-state index contributed by atoms with van der Waals surface area (Å²) in [5, 5.41) is 2.58. The molecule has 3 unspecified atom stereocenters. The van der Waals surface area contributed by atoms with Gasteiger partial charge < -0.3 is 10.1 Å². The number of nitrogens with zero attached hydrogens (tertiary/aromatic N) is 1. The molecule has 0 aromatic heterocycles. The lowest BCUT2D eigenvalue weighted by atomic mass is 9.85. The van der Waals surface area contributed by atoms with Crippen molar-refractivity contribution in [3.8, 4) is 0 Å². The molecule has 2 aliphatic rings. The number of nitrogens with one attached hydrogen (secondary N) is 1. The number of imide groups is 1. The summed E-state index contributed by atoms with van der Waals surface area (Å²) in [6.45, 7) is 3.46. The highest BCUT2D eigenvalue weighted by molar-refractivity contribution is 6.08. The molecule has 3 amide bonds. The van der Waals surface area contributed by atoms with Gasteiger partial charge in [-0.2, -0.15) is 0 Å². The van der Waals surface area contributed by atoms with E-state index in [1.807, 2.05) is 0 Å². The molecule has 7 heteroatoms. The van der Waals surface area contributed by atoms with Crippen LogP contribution in [0.3, 0.4) is 0 Å². The van der Waals surface area contributed by atoms with Crippen molar-refractivity contribution in [2.24, 2.45) is 11.8 Å². The van der Waals surface area contributed by atoms with Crippen LogP contribution in [-0.2, 0) is 19.9 Å². The van der Waals surface area contributed by atoms with Crippen LogP contribution in [0.25, 0.3) is 0 Å². The Bertz CT molecular complexity index is 777. The van der Waals surface area contributed by atoms with Gasteiger partial charge in [0.05, 0.1) is 6.61 Å². The Labute approximate surface area is 157 Å². The molecule has 1 aliphatic carbocycles. The van der Waals surface area contributed by atoms with E-state index in [9.17, 15) is 18.8 Å². The van der Waals surface area contributed by atoms with Crippen molar-refractivity contribution >= 4 is 17.9 Å². The van der Waals surface area contributed by atoms with Crippen LogP contribution in [0.1, 0.15) is 32.3 Å². The van der Waals surface area contributed by atoms with E-state index >= 15 is 0 Å². The minimum Gasteiger partial charge on any atom is -0.464 e. The molecule has 0 spiro atoms. The summed E-state index contributed by atoms with van der Waals surface area (Å²) in [5.74, 6) is -0.965. The lowest BCUT2D eigenvalue weighted by Gasteiger charge is -2.25. The Hall–Kier alpha value is -2.70. The molecule has 1 aromatic rings. The third-order valence-electron chi connectivity index (χ3n) is 5.36. The molecule has 1 heterocycles. The van der Waals surface area contributed by atoms with Gasteiger partial charge in [-0.15, -0.1) is 0 Å². The number of ether oxygens (including phenoxy) is 1. The zero-order chi connectivity index (χ0) is 19.6. The van der Waals surface area contributed by atoms with Crippen LogP contribution in [0, 0.1) is 17.7 Å². The fourth-order valence-electron chi connectivity index (χ4n) is 3.43. The number of halogens is 1. The maximum atomic E-state index is 13.1. The number of hydrogen-bond donors (Lipinski definition) is 1. The highest BCUT2D eigenvalue weighted by atomic mass is 19.1. The zero-order valence-electron chi connectivity index (χ0n) is 15.4. The van der Waals surface area contributed by atoms with Gasteiger partial charge in [0.2, 0.25) is 0 Å². The smallest absolute Gasteiger partial charge is 0.326 e. The second-order valence-electron chi connectivity index (χ2n) is 7.32. The molecule has 27 heavy (non-hydrogen) atoms. The minimum atomic E-state index is -1.34. The SMILES string of the molecule is CC1CC=CCC1COC(=O)CN1C(=O)NC(C)(c2ccc(F)cc2)C1=O. The van der Waals surface area contributed by atoms with Gasteiger partial charge in [0.1, 0.15) is 17.9 Å². The number of benzene rings is 1. The molecule has 1 fully saturated rings. The predicted octanol–water partition coefficient (Wildman–Crippen LogP) is 2.74. The fourth-order valence-corrected chi connectivity index (χ4v) is 3.43. The van der Waals surface area contributed by atoms with Crippen molar-refractivity contribution in [2.75, 3.05) is 13.2 Å². The molecule has 0 radical (unpaired) electrons. The maximum Gasteiger partial charge on any atom is 0.326 e. The molecule has 1 saturated heterocycles. The summed E-state index contributed by atoms with van der Waals surface area (Å²) in [5.41, 5.74) is -0.894. The van der Waals surface area contributed by atoms with Crippen molar-refractivity contribution < 1.29 is 23.5 Å². The number of allylic oxidation sites excluding steroid dienone is 2. The second kappa shape index (κ2) is 7.50. The largest absolute Gasteiger partial charge is 0.464 e. The Morgan fingerprint density at radius 2 is 1.93 bits per heavy atom. The normalized spacial score (nSPS) is 27.6. The van der Waals surface area contributed by atoms with Crippen LogP contribution in [0.4, 0.5) is 9.18 Å². The summed E-state index contributed by atoms with van der Waals surface area (Å²) < 4.78 is 18.4. The van der Waals surface area contributed by atoms with E-state index in [2.05, 4.69) is 24.4 Å². The van der Waals surface area contributed by atoms with E-state index in [1.54, 1.807) is 0 Å². The van der Waals surface area contributed by atoms with Gasteiger partial charge in [-0.1, -0.05) is 31.2 Å². The molecule has 3 atom stereocenters. The first kappa shape index (κ1) is 19.1. The summed E-state index contributed by atoms with van der Waals surface area (Å²) >= 11 is 0. The molecule has 1 aliphatic heterocycles. The van der Waals surface area contributed by atoms with Crippen LogP contribution < -0.4 is 5.32 Å². The zero-order valence-corrected chi connectivity index (χ0v) is 15.4. The standard InChI is InChI=1S/C20H23FN2O4/c1-13-5-3-4-6-14(13)12-27-17(24)11-23-18(25)20(2,22-19(23)26)15-7-9-16(21)10-8-15/h3-4,7-10,13-14H,5-6,11-12H2,1-2H3,(H,22,26). The molecule has 0 saturated carbocycles. The number of amides is 3. The Morgan fingerprint density at radius 3 is 2.59 bits per heavy atom. The van der Waals surface area contributed by atoms with Crippen LogP contribution in [0.5, 0.6) is 0 Å². The monoisotopic (exact) mass is 374 g/mol. The van der Waals surface area contributed by atoms with Crippen molar-refractivity contribution in [3.63, 3.8) is 0 Å². The summed E-state index contributed by atoms with van der Waals surface area (Å²) in [7, 11) is 0. The van der Waals surface area contributed by atoms with Gasteiger partial charge >= 0.3 is 12.0 Å². The molecule has 1 aromatic carbocycles. The Morgan fingerprint density at radius 1 is 1.26 bits per heavy atom. The van der Waals surface area contributed by atoms with E-state index in [0.717, 1.165) is 17.7 Å². The topological polar surface area (TPSA) is 75.7 Å². The lowest BCUT2D eigenvalue weighted by molar-refractivity contribution is -0.149. The predicted molar refractivity (Wildman–Crippen MR) is 96.0 cm³/mol. The Kier molecular flexibility index (Phi) is 5.30. The van der Waals surface area contributed by atoms with Crippen molar-refractivity contribution in [3.05, 3.63) is 47.8 Å². The van der Waals surface area contributed by atoms with Crippen LogP contribution in [0.15, 0.2) is 36.4 Å². The molecule has 6 nitrogen and oxygen atoms in total. The first-order valence-electron chi connectivity index (χ1n) is 9.02. The van der Waals surface area contributed by atoms with Gasteiger partial charge in [-0.25, -0.2) is 9.18 Å². The molecule has 3 rings (SSSR count). The molecular weight excluding hydrogens is 351 g/mol. The second-order valence-corrected chi connectivity index (χ2v) is 7.32. The van der Waals surface area contributed by atoms with Gasteiger partial charge in [-0.3, -0.25) is 14.5 Å². The van der Waals surface area contributed by atoms with E-state index in [4.69, 9.17) is 4.74 Å². The third kappa shape index (κ3) is 3.86. The summed E-state index contributed by atoms with van der Waals surface area (Å²) in [4.78, 5) is 38.0. The first-order chi connectivity index (χ1) is 12.8. The molecular formula is C20H23FN2O4. The highest BCUT2D eigenvalue weighted by Gasteiger charge is 2.49. The van der Waals surface area contributed by atoms with Crippen LogP contribution in [-0.4, -0.2) is 36.0 Å². The summed E-state index contributed by atoms with van der Waals surface area (Å²) in [6, 6.07) is 4.64.